The summed E-state index contributed by atoms with van der Waals surface area (Å²) in [5.41, 5.74) is 0.388. The van der Waals surface area contributed by atoms with Crippen molar-refractivity contribution in [2.24, 2.45) is 4.99 Å². The van der Waals surface area contributed by atoms with Gasteiger partial charge in [0.15, 0.2) is 21.6 Å². The number of amidine groups is 1. The number of benzene rings is 2. The molecule has 1 amide bonds. The molecule has 11 heteroatoms. The van der Waals surface area contributed by atoms with Crippen LogP contribution in [-0.2, 0) is 14.6 Å². The maximum atomic E-state index is 14.0. The fraction of sp³-hybridized carbons (Fsp3) is 0.263. The molecule has 6 nitrogen and oxygen atoms in total. The third-order valence-electron chi connectivity index (χ3n) is 4.64. The first-order valence-electron chi connectivity index (χ1n) is 8.83. The van der Waals surface area contributed by atoms with Crippen molar-refractivity contribution in [2.45, 2.75) is 11.3 Å². The Kier molecular flexibility index (Phi) is 5.98. The molecule has 0 bridgehead atoms. The second kappa shape index (κ2) is 8.37. The number of carbonyl (C=O) groups is 1. The number of carbonyl (C=O) groups excluding carboxylic acids is 1. The molecule has 0 aliphatic carbocycles. The van der Waals surface area contributed by atoms with Crippen molar-refractivity contribution < 1.29 is 22.3 Å². The molecule has 158 valence electrons. The van der Waals surface area contributed by atoms with Gasteiger partial charge in [-0.05, 0) is 42.5 Å². The molecule has 0 spiro atoms. The largest absolute Gasteiger partial charge is 0.484 e. The minimum Gasteiger partial charge on any atom is -0.484 e. The molecule has 0 aromatic heterocycles. The molecule has 0 radical (unpaired) electrons. The highest BCUT2D eigenvalue weighted by Crippen LogP contribution is 2.41. The van der Waals surface area contributed by atoms with Crippen LogP contribution in [0.5, 0.6) is 5.75 Å². The molecular formula is C19H15Cl2FN2O4S2. The van der Waals surface area contributed by atoms with Gasteiger partial charge in [0.05, 0.1) is 22.6 Å². The van der Waals surface area contributed by atoms with Gasteiger partial charge >= 0.3 is 0 Å². The fourth-order valence-corrected chi connectivity index (χ4v) is 7.49. The zero-order chi connectivity index (χ0) is 21.5. The van der Waals surface area contributed by atoms with Crippen LogP contribution in [0.25, 0.3) is 0 Å². The van der Waals surface area contributed by atoms with E-state index in [9.17, 15) is 17.6 Å². The molecule has 2 heterocycles. The first-order valence-corrected chi connectivity index (χ1v) is 12.3. The van der Waals surface area contributed by atoms with Gasteiger partial charge in [0, 0.05) is 16.0 Å². The van der Waals surface area contributed by atoms with Crippen molar-refractivity contribution in [1.29, 1.82) is 0 Å². The van der Waals surface area contributed by atoms with Gasteiger partial charge in [-0.1, -0.05) is 35.0 Å². The number of amides is 1. The van der Waals surface area contributed by atoms with E-state index in [4.69, 9.17) is 27.9 Å². The van der Waals surface area contributed by atoms with Crippen LogP contribution >= 0.6 is 35.0 Å². The van der Waals surface area contributed by atoms with E-state index < -0.39 is 27.6 Å². The van der Waals surface area contributed by atoms with Crippen LogP contribution in [0.2, 0.25) is 10.0 Å². The Balaban J connectivity index is 1.57. The molecule has 0 N–H and O–H groups in total. The molecule has 4 rings (SSSR count). The highest BCUT2D eigenvalue weighted by atomic mass is 35.5. The number of thioether (sulfide) groups is 1. The average Bonchev–Trinajstić information content (AvgIpc) is 3.14. The summed E-state index contributed by atoms with van der Waals surface area (Å²) >= 11 is 12.8. The summed E-state index contributed by atoms with van der Waals surface area (Å²) in [5, 5.41) is 0.513. The van der Waals surface area contributed by atoms with E-state index in [0.717, 1.165) is 0 Å². The summed E-state index contributed by atoms with van der Waals surface area (Å²) in [6.07, 6.45) is 0. The first-order chi connectivity index (χ1) is 14.2. The van der Waals surface area contributed by atoms with Gasteiger partial charge in [-0.3, -0.25) is 4.79 Å². The molecule has 0 saturated carbocycles. The zero-order valence-electron chi connectivity index (χ0n) is 15.3. The minimum atomic E-state index is -3.22. The lowest BCUT2D eigenvalue weighted by Crippen LogP contribution is -2.38. The Hall–Kier alpha value is -1.81. The lowest BCUT2D eigenvalue weighted by molar-refractivity contribution is -0.119. The number of aliphatic imine (C=N–C) groups is 1. The molecule has 2 saturated heterocycles. The topological polar surface area (TPSA) is 76.0 Å². The van der Waals surface area contributed by atoms with Gasteiger partial charge in [0.25, 0.3) is 5.91 Å². The van der Waals surface area contributed by atoms with E-state index in [0.29, 0.717) is 21.6 Å². The molecule has 2 aliphatic rings. The van der Waals surface area contributed by atoms with Gasteiger partial charge in [0.1, 0.15) is 11.6 Å². The summed E-state index contributed by atoms with van der Waals surface area (Å²) in [7, 11) is -3.22. The maximum absolute atomic E-state index is 14.0. The SMILES string of the molecule is O=C(COc1ccc(Cl)cc1)N=C1SC2CS(=O)(=O)CC2N1c1ccc(Cl)c(F)c1. The van der Waals surface area contributed by atoms with E-state index in [-0.39, 0.29) is 28.4 Å². The van der Waals surface area contributed by atoms with E-state index in [2.05, 4.69) is 4.99 Å². The average molecular weight is 489 g/mol. The highest BCUT2D eigenvalue weighted by molar-refractivity contribution is 8.16. The first kappa shape index (κ1) is 21.4. The van der Waals surface area contributed by atoms with Crippen LogP contribution in [0.15, 0.2) is 47.5 Å². The van der Waals surface area contributed by atoms with Crippen molar-refractivity contribution >= 4 is 61.6 Å². The third kappa shape index (κ3) is 4.59. The number of nitrogens with zero attached hydrogens (tertiary/aromatic N) is 2. The second-order valence-electron chi connectivity index (χ2n) is 6.80. The summed E-state index contributed by atoms with van der Waals surface area (Å²) in [4.78, 5) is 18.1. The molecule has 2 aromatic rings. The predicted molar refractivity (Wildman–Crippen MR) is 117 cm³/mol. The number of hydrogen-bond donors (Lipinski definition) is 0. The van der Waals surface area contributed by atoms with Gasteiger partial charge in [0.2, 0.25) is 0 Å². The fourth-order valence-electron chi connectivity index (χ4n) is 3.32. The standard InChI is InChI=1S/C19H15Cl2FN2O4S2/c20-11-1-4-13(5-2-11)28-8-18(25)23-19-24(12-3-6-14(21)15(22)7-12)16-9-30(26,27)10-17(16)29-19/h1-7,16-17H,8-10H2. The van der Waals surface area contributed by atoms with Crippen LogP contribution < -0.4 is 9.64 Å². The zero-order valence-corrected chi connectivity index (χ0v) is 18.4. The van der Waals surface area contributed by atoms with Gasteiger partial charge in [-0.2, -0.15) is 4.99 Å². The number of ether oxygens (including phenoxy) is 1. The van der Waals surface area contributed by atoms with Gasteiger partial charge < -0.3 is 9.64 Å². The molecule has 2 unspecified atom stereocenters. The van der Waals surface area contributed by atoms with Crippen LogP contribution in [0.1, 0.15) is 0 Å². The molecule has 30 heavy (non-hydrogen) atoms. The van der Waals surface area contributed by atoms with Gasteiger partial charge in [-0.25, -0.2) is 12.8 Å². The third-order valence-corrected chi connectivity index (χ3v) is 8.41. The Morgan fingerprint density at radius 3 is 2.63 bits per heavy atom. The Labute approximate surface area is 186 Å². The number of rotatable bonds is 4. The van der Waals surface area contributed by atoms with Crippen molar-refractivity contribution in [1.82, 2.24) is 0 Å². The second-order valence-corrected chi connectivity index (χ2v) is 11.0. The van der Waals surface area contributed by atoms with E-state index >= 15 is 0 Å². The number of hydrogen-bond acceptors (Lipinski definition) is 5. The molecule has 2 aromatic carbocycles. The Bertz CT molecular complexity index is 1130. The van der Waals surface area contributed by atoms with Crippen molar-refractivity contribution in [3.63, 3.8) is 0 Å². The van der Waals surface area contributed by atoms with Crippen LogP contribution in [0, 0.1) is 5.82 Å². The summed E-state index contributed by atoms with van der Waals surface area (Å²) in [6.45, 7) is -0.303. The van der Waals surface area contributed by atoms with E-state index in [1.165, 1.54) is 23.9 Å². The molecule has 2 fully saturated rings. The normalized spacial score (nSPS) is 23.6. The monoisotopic (exact) mass is 488 g/mol. The number of sulfone groups is 1. The van der Waals surface area contributed by atoms with Crippen molar-refractivity contribution in [2.75, 3.05) is 23.0 Å². The summed E-state index contributed by atoms with van der Waals surface area (Å²) in [6, 6.07) is 10.3. The molecular weight excluding hydrogens is 474 g/mol. The number of halogens is 3. The van der Waals surface area contributed by atoms with Crippen molar-refractivity contribution in [3.05, 3.63) is 58.3 Å². The lowest BCUT2D eigenvalue weighted by Gasteiger charge is -2.24. The van der Waals surface area contributed by atoms with Crippen molar-refractivity contribution in [3.8, 4) is 5.75 Å². The quantitative estimate of drug-likeness (QED) is 0.650. The molecule has 2 aliphatic heterocycles. The van der Waals surface area contributed by atoms with Gasteiger partial charge in [-0.15, -0.1) is 0 Å². The van der Waals surface area contributed by atoms with Crippen LogP contribution in [-0.4, -0.2) is 48.9 Å². The summed E-state index contributed by atoms with van der Waals surface area (Å²) < 4.78 is 43.6. The lowest BCUT2D eigenvalue weighted by atomic mass is 10.2. The van der Waals surface area contributed by atoms with Crippen LogP contribution in [0.4, 0.5) is 10.1 Å². The summed E-state index contributed by atoms with van der Waals surface area (Å²) in [5.74, 6) is -0.839. The molecule has 2 atom stereocenters. The Morgan fingerprint density at radius 2 is 1.93 bits per heavy atom. The minimum absolute atomic E-state index is 0.0244. The van der Waals surface area contributed by atoms with E-state index in [1.807, 2.05) is 0 Å². The maximum Gasteiger partial charge on any atom is 0.285 e. The van der Waals surface area contributed by atoms with E-state index in [1.54, 1.807) is 35.2 Å². The highest BCUT2D eigenvalue weighted by Gasteiger charge is 2.49. The van der Waals surface area contributed by atoms with Crippen LogP contribution in [0.3, 0.4) is 0 Å². The smallest absolute Gasteiger partial charge is 0.285 e. The number of anilines is 1. The Morgan fingerprint density at radius 1 is 1.20 bits per heavy atom. The predicted octanol–water partition coefficient (Wildman–Crippen LogP) is 3.81. The number of fused-ring (bicyclic) bond motifs is 1.